The summed E-state index contributed by atoms with van der Waals surface area (Å²) in [4.78, 5) is 2.58. The average molecular weight is 296 g/mol. The lowest BCUT2D eigenvalue weighted by molar-refractivity contribution is 0.134. The van der Waals surface area contributed by atoms with Gasteiger partial charge in [-0.05, 0) is 44.4 Å². The van der Waals surface area contributed by atoms with Crippen molar-refractivity contribution >= 4 is 0 Å². The van der Waals surface area contributed by atoms with Crippen LogP contribution in [0.2, 0.25) is 0 Å². The Kier molecular flexibility index (Phi) is 6.63. The molecule has 2 aromatic carbocycles. The van der Waals surface area contributed by atoms with Crippen molar-refractivity contribution in [1.82, 2.24) is 4.90 Å². The highest BCUT2D eigenvalue weighted by atomic mass is 15.2. The van der Waals surface area contributed by atoms with Gasteiger partial charge in [0.25, 0.3) is 0 Å². The highest BCUT2D eigenvalue weighted by Gasteiger charge is 2.22. The SMILES string of the molecule is CC(C)N(Cc1ccccc1)C(CCCN)c1ccccc1. The first kappa shape index (κ1) is 16.7. The third-order valence-corrected chi connectivity index (χ3v) is 4.14. The van der Waals surface area contributed by atoms with Gasteiger partial charge < -0.3 is 5.73 Å². The topological polar surface area (TPSA) is 29.3 Å². The van der Waals surface area contributed by atoms with Crippen molar-refractivity contribution in [2.75, 3.05) is 6.54 Å². The van der Waals surface area contributed by atoms with Crippen molar-refractivity contribution in [3.8, 4) is 0 Å². The van der Waals surface area contributed by atoms with E-state index in [0.29, 0.717) is 12.1 Å². The highest BCUT2D eigenvalue weighted by Crippen LogP contribution is 2.29. The van der Waals surface area contributed by atoms with Gasteiger partial charge in [0.2, 0.25) is 0 Å². The molecule has 0 aliphatic heterocycles. The molecule has 2 rings (SSSR count). The fourth-order valence-electron chi connectivity index (χ4n) is 2.96. The van der Waals surface area contributed by atoms with Crippen molar-refractivity contribution in [2.24, 2.45) is 5.73 Å². The van der Waals surface area contributed by atoms with Crippen LogP contribution in [0, 0.1) is 0 Å². The molecule has 1 atom stereocenters. The fraction of sp³-hybridized carbons (Fsp3) is 0.400. The van der Waals surface area contributed by atoms with Crippen molar-refractivity contribution < 1.29 is 0 Å². The van der Waals surface area contributed by atoms with Gasteiger partial charge in [-0.1, -0.05) is 60.7 Å². The summed E-state index contributed by atoms with van der Waals surface area (Å²) in [5, 5.41) is 0. The Morgan fingerprint density at radius 2 is 1.50 bits per heavy atom. The first-order chi connectivity index (χ1) is 10.7. The van der Waals surface area contributed by atoms with Gasteiger partial charge in [-0.2, -0.15) is 0 Å². The maximum absolute atomic E-state index is 5.77. The van der Waals surface area contributed by atoms with Crippen LogP contribution in [0.4, 0.5) is 0 Å². The van der Waals surface area contributed by atoms with Gasteiger partial charge in [-0.15, -0.1) is 0 Å². The van der Waals surface area contributed by atoms with Crippen molar-refractivity contribution in [2.45, 2.75) is 45.3 Å². The first-order valence-electron chi connectivity index (χ1n) is 8.27. The van der Waals surface area contributed by atoms with Gasteiger partial charge in [0, 0.05) is 18.6 Å². The quantitative estimate of drug-likeness (QED) is 0.783. The lowest BCUT2D eigenvalue weighted by atomic mass is 9.98. The molecule has 22 heavy (non-hydrogen) atoms. The van der Waals surface area contributed by atoms with E-state index in [0.717, 1.165) is 25.9 Å². The zero-order valence-corrected chi connectivity index (χ0v) is 13.8. The molecule has 2 aromatic rings. The predicted octanol–water partition coefficient (Wildman–Crippen LogP) is 4.38. The Morgan fingerprint density at radius 3 is 2.05 bits per heavy atom. The van der Waals surface area contributed by atoms with Gasteiger partial charge in [0.15, 0.2) is 0 Å². The van der Waals surface area contributed by atoms with Crippen molar-refractivity contribution in [3.63, 3.8) is 0 Å². The molecular weight excluding hydrogens is 268 g/mol. The molecule has 2 heteroatoms. The van der Waals surface area contributed by atoms with E-state index in [1.165, 1.54) is 11.1 Å². The molecule has 0 radical (unpaired) electrons. The lowest BCUT2D eigenvalue weighted by Gasteiger charge is -2.35. The van der Waals surface area contributed by atoms with E-state index in [-0.39, 0.29) is 0 Å². The van der Waals surface area contributed by atoms with Crippen LogP contribution < -0.4 is 5.73 Å². The summed E-state index contributed by atoms with van der Waals surface area (Å²) < 4.78 is 0. The smallest absolute Gasteiger partial charge is 0.0354 e. The van der Waals surface area contributed by atoms with Crippen molar-refractivity contribution in [1.29, 1.82) is 0 Å². The maximum Gasteiger partial charge on any atom is 0.0354 e. The van der Waals surface area contributed by atoms with Crippen LogP contribution in [-0.2, 0) is 6.54 Å². The minimum atomic E-state index is 0.421. The number of hydrogen-bond donors (Lipinski definition) is 1. The van der Waals surface area contributed by atoms with Gasteiger partial charge in [0.1, 0.15) is 0 Å². The minimum absolute atomic E-state index is 0.421. The normalized spacial score (nSPS) is 12.8. The minimum Gasteiger partial charge on any atom is -0.330 e. The van der Waals surface area contributed by atoms with Crippen LogP contribution in [0.5, 0.6) is 0 Å². The van der Waals surface area contributed by atoms with E-state index in [9.17, 15) is 0 Å². The van der Waals surface area contributed by atoms with Crippen LogP contribution in [-0.4, -0.2) is 17.5 Å². The second-order valence-electron chi connectivity index (χ2n) is 6.11. The molecule has 0 saturated heterocycles. The van der Waals surface area contributed by atoms with E-state index in [4.69, 9.17) is 5.73 Å². The molecule has 0 heterocycles. The number of nitrogens with two attached hydrogens (primary N) is 1. The molecule has 0 aliphatic carbocycles. The monoisotopic (exact) mass is 296 g/mol. The summed E-state index contributed by atoms with van der Waals surface area (Å²) in [6, 6.07) is 22.5. The summed E-state index contributed by atoms with van der Waals surface area (Å²) >= 11 is 0. The van der Waals surface area contributed by atoms with E-state index in [2.05, 4.69) is 79.4 Å². The zero-order chi connectivity index (χ0) is 15.8. The Labute approximate surface area is 135 Å². The van der Waals surface area contributed by atoms with Crippen LogP contribution in [0.3, 0.4) is 0 Å². The van der Waals surface area contributed by atoms with E-state index >= 15 is 0 Å². The maximum atomic E-state index is 5.77. The van der Waals surface area contributed by atoms with E-state index in [1.807, 2.05) is 0 Å². The first-order valence-corrected chi connectivity index (χ1v) is 8.27. The standard InChI is InChI=1S/C20H28N2/c1-17(2)22(16-18-10-5-3-6-11-18)20(14-9-15-21)19-12-7-4-8-13-19/h3-8,10-13,17,20H,9,14-16,21H2,1-2H3. The molecule has 0 fully saturated rings. The zero-order valence-electron chi connectivity index (χ0n) is 13.8. The summed E-state index contributed by atoms with van der Waals surface area (Å²) in [5.74, 6) is 0. The van der Waals surface area contributed by atoms with Crippen LogP contribution in [0.25, 0.3) is 0 Å². The second kappa shape index (κ2) is 8.72. The number of rotatable bonds is 8. The summed E-state index contributed by atoms with van der Waals surface area (Å²) in [7, 11) is 0. The summed E-state index contributed by atoms with van der Waals surface area (Å²) in [6.45, 7) is 6.28. The largest absolute Gasteiger partial charge is 0.330 e. The Hall–Kier alpha value is -1.64. The van der Waals surface area contributed by atoms with Crippen molar-refractivity contribution in [3.05, 3.63) is 71.8 Å². The van der Waals surface area contributed by atoms with E-state index in [1.54, 1.807) is 0 Å². The lowest BCUT2D eigenvalue weighted by Crippen LogP contribution is -2.34. The molecule has 0 spiro atoms. The molecule has 2 nitrogen and oxygen atoms in total. The number of hydrogen-bond acceptors (Lipinski definition) is 2. The van der Waals surface area contributed by atoms with E-state index < -0.39 is 0 Å². The molecule has 0 aromatic heterocycles. The number of nitrogens with zero attached hydrogens (tertiary/aromatic N) is 1. The van der Waals surface area contributed by atoms with Gasteiger partial charge in [0.05, 0.1) is 0 Å². The third-order valence-electron chi connectivity index (χ3n) is 4.14. The average Bonchev–Trinajstić information content (AvgIpc) is 2.56. The Morgan fingerprint density at radius 1 is 0.909 bits per heavy atom. The van der Waals surface area contributed by atoms with Gasteiger partial charge >= 0.3 is 0 Å². The Bertz CT molecular complexity index is 522. The molecule has 0 bridgehead atoms. The van der Waals surface area contributed by atoms with Crippen LogP contribution in [0.15, 0.2) is 60.7 Å². The summed E-state index contributed by atoms with van der Waals surface area (Å²) in [6.07, 6.45) is 2.16. The molecular formula is C20H28N2. The fourth-order valence-corrected chi connectivity index (χ4v) is 2.96. The molecule has 2 N–H and O–H groups in total. The van der Waals surface area contributed by atoms with Crippen LogP contribution in [0.1, 0.15) is 43.9 Å². The van der Waals surface area contributed by atoms with Gasteiger partial charge in [-0.3, -0.25) is 4.90 Å². The second-order valence-corrected chi connectivity index (χ2v) is 6.11. The van der Waals surface area contributed by atoms with Crippen LogP contribution >= 0.6 is 0 Å². The molecule has 0 aliphatic rings. The summed E-state index contributed by atoms with van der Waals surface area (Å²) in [5.41, 5.74) is 8.52. The highest BCUT2D eigenvalue weighted by molar-refractivity contribution is 5.21. The van der Waals surface area contributed by atoms with Gasteiger partial charge in [-0.25, -0.2) is 0 Å². The molecule has 1 unspecified atom stereocenters. The predicted molar refractivity (Wildman–Crippen MR) is 94.6 cm³/mol. The molecule has 0 saturated carbocycles. The molecule has 118 valence electrons. The number of benzene rings is 2. The molecule has 0 amide bonds. The third kappa shape index (κ3) is 4.69. The Balaban J connectivity index is 2.24.